The Kier molecular flexibility index (Phi) is 30.6. The van der Waals surface area contributed by atoms with Crippen LogP contribution < -0.4 is 9.47 Å². The quantitative estimate of drug-likeness (QED) is 0.0351. The summed E-state index contributed by atoms with van der Waals surface area (Å²) in [6.45, 7) is 10.5. The van der Waals surface area contributed by atoms with Gasteiger partial charge in [-0.2, -0.15) is 0 Å². The molecule has 0 atom stereocenters. The van der Waals surface area contributed by atoms with Crippen LogP contribution in [-0.4, -0.2) is 23.4 Å². The summed E-state index contributed by atoms with van der Waals surface area (Å²) in [5.74, 6) is 1.88. The fraction of sp³-hybridized carbons (Fsp3) is 0.544. The average molecular weight is 895 g/mol. The van der Waals surface area contributed by atoms with Crippen LogP contribution >= 0.6 is 23.5 Å². The van der Waals surface area contributed by atoms with Gasteiger partial charge in [0.1, 0.15) is 11.5 Å². The second-order valence-corrected chi connectivity index (χ2v) is 19.2. The van der Waals surface area contributed by atoms with Gasteiger partial charge in [-0.25, -0.2) is 0 Å². The molecule has 0 saturated heterocycles. The third kappa shape index (κ3) is 25.6. The summed E-state index contributed by atoms with van der Waals surface area (Å²) in [5.41, 5.74) is 4.68. The Morgan fingerprint density at radius 3 is 0.889 bits per heavy atom. The molecule has 0 aliphatic carbocycles. The van der Waals surface area contributed by atoms with Crippen molar-refractivity contribution in [1.29, 1.82) is 0 Å². The molecule has 0 amide bonds. The van der Waals surface area contributed by atoms with Crippen molar-refractivity contribution >= 4 is 33.8 Å². The molecule has 0 unspecified atom stereocenters. The van der Waals surface area contributed by atoms with Crippen molar-refractivity contribution in [2.75, 3.05) is 13.2 Å². The van der Waals surface area contributed by atoms with Crippen LogP contribution in [0.5, 0.6) is 11.5 Å². The number of carbonyl (C=O) groups is 2. The van der Waals surface area contributed by atoms with Crippen molar-refractivity contribution in [3.05, 3.63) is 97.1 Å². The summed E-state index contributed by atoms with van der Waals surface area (Å²) in [7, 11) is 0. The Labute approximate surface area is 392 Å². The molecule has 4 aromatic rings. The van der Waals surface area contributed by atoms with Gasteiger partial charge in [0.15, 0.2) is 10.2 Å². The second-order valence-electron chi connectivity index (χ2n) is 17.0. The van der Waals surface area contributed by atoms with Gasteiger partial charge in [0.25, 0.3) is 0 Å². The van der Waals surface area contributed by atoms with Gasteiger partial charge in [-0.3, -0.25) is 9.59 Å². The highest BCUT2D eigenvalue weighted by Crippen LogP contribution is 2.29. The van der Waals surface area contributed by atoms with E-state index in [0.29, 0.717) is 12.8 Å². The van der Waals surface area contributed by atoms with Crippen LogP contribution in [0.25, 0.3) is 22.3 Å². The predicted molar refractivity (Wildman–Crippen MR) is 275 cm³/mol. The summed E-state index contributed by atoms with van der Waals surface area (Å²) >= 11 is 2.75. The Morgan fingerprint density at radius 1 is 0.333 bits per heavy atom. The summed E-state index contributed by atoms with van der Waals surface area (Å²) in [5, 5.41) is 0.549. The smallest absolute Gasteiger partial charge is 0.193 e. The zero-order chi connectivity index (χ0) is 45.0. The van der Waals surface area contributed by atoms with E-state index in [0.717, 1.165) is 73.0 Å². The molecule has 0 radical (unpaired) electrons. The maximum atomic E-state index is 12.2. The number of hydrogen-bond acceptors (Lipinski definition) is 6. The van der Waals surface area contributed by atoms with Crippen LogP contribution in [0, 0.1) is 0 Å². The molecule has 346 valence electrons. The number of ether oxygens (including phenoxy) is 2. The molecule has 4 nitrogen and oxygen atoms in total. The lowest BCUT2D eigenvalue weighted by Gasteiger charge is -2.08. The third-order valence-corrected chi connectivity index (χ3v) is 13.2. The fourth-order valence-electron chi connectivity index (χ4n) is 7.35. The largest absolute Gasteiger partial charge is 0.494 e. The number of carbonyl (C=O) groups excluding carboxylic acids is 2. The van der Waals surface area contributed by atoms with Crippen LogP contribution in [-0.2, 0) is 9.59 Å². The van der Waals surface area contributed by atoms with Gasteiger partial charge in [0, 0.05) is 22.6 Å². The third-order valence-electron chi connectivity index (χ3n) is 11.3. The molecule has 4 rings (SSSR count). The molecule has 0 spiro atoms. The molecule has 0 bridgehead atoms. The summed E-state index contributed by atoms with van der Waals surface area (Å²) < 4.78 is 11.8. The molecule has 63 heavy (non-hydrogen) atoms. The van der Waals surface area contributed by atoms with Gasteiger partial charge < -0.3 is 9.47 Å². The standard InChI is InChI=1S/C29H42O2S.C28H40O2S/c1-3-5-7-9-10-12-14-24-31-27-20-16-25(17-21-27)26-18-22-28(23-19-26)32-29(30)15-13-11-8-6-4-2;1-3-5-7-9-11-13-23-30-26-19-15-24(16-20-26)25-17-21-27(22-18-25)31-28(29)14-12-10-8-6-4-2/h16-23H,3-15,24H2,1-2H3;15-22H,3-14,23H2,1-2H3. The monoisotopic (exact) mass is 895 g/mol. The maximum Gasteiger partial charge on any atom is 0.193 e. The lowest BCUT2D eigenvalue weighted by atomic mass is 10.1. The molecule has 0 aliphatic rings. The minimum absolute atomic E-state index is 0.274. The molecule has 0 N–H and O–H groups in total. The number of rotatable bonds is 33. The van der Waals surface area contributed by atoms with Crippen molar-refractivity contribution in [2.45, 2.75) is 198 Å². The molecule has 0 saturated carbocycles. The minimum Gasteiger partial charge on any atom is -0.494 e. The summed E-state index contributed by atoms with van der Waals surface area (Å²) in [6.07, 6.45) is 30.0. The van der Waals surface area contributed by atoms with Crippen LogP contribution in [0.2, 0.25) is 0 Å². The fourth-order valence-corrected chi connectivity index (χ4v) is 8.91. The van der Waals surface area contributed by atoms with Gasteiger partial charge in [-0.1, -0.05) is 222 Å². The molecule has 0 fully saturated rings. The van der Waals surface area contributed by atoms with Crippen molar-refractivity contribution in [3.8, 4) is 33.8 Å². The van der Waals surface area contributed by atoms with E-state index in [1.165, 1.54) is 155 Å². The van der Waals surface area contributed by atoms with E-state index >= 15 is 0 Å². The van der Waals surface area contributed by atoms with Gasteiger partial charge >= 0.3 is 0 Å². The van der Waals surface area contributed by atoms with E-state index in [1.807, 2.05) is 0 Å². The van der Waals surface area contributed by atoms with Crippen molar-refractivity contribution < 1.29 is 19.1 Å². The highest BCUT2D eigenvalue weighted by Gasteiger charge is 2.08. The van der Waals surface area contributed by atoms with Gasteiger partial charge in [0.05, 0.1) is 13.2 Å². The summed E-state index contributed by atoms with van der Waals surface area (Å²) in [6, 6.07) is 33.3. The molecular weight excluding hydrogens is 813 g/mol. The number of thioether (sulfide) groups is 2. The van der Waals surface area contributed by atoms with Crippen LogP contribution in [0.15, 0.2) is 107 Å². The van der Waals surface area contributed by atoms with E-state index in [4.69, 9.17) is 9.47 Å². The first-order valence-corrected chi connectivity index (χ1v) is 26.7. The van der Waals surface area contributed by atoms with Gasteiger partial charge in [-0.15, -0.1) is 0 Å². The van der Waals surface area contributed by atoms with E-state index < -0.39 is 0 Å². The van der Waals surface area contributed by atoms with Crippen molar-refractivity contribution in [2.24, 2.45) is 0 Å². The van der Waals surface area contributed by atoms with E-state index in [9.17, 15) is 9.59 Å². The zero-order valence-electron chi connectivity index (χ0n) is 39.8. The number of hydrogen-bond donors (Lipinski definition) is 0. The van der Waals surface area contributed by atoms with Crippen LogP contribution in [0.1, 0.15) is 188 Å². The van der Waals surface area contributed by atoms with Crippen LogP contribution in [0.4, 0.5) is 0 Å². The molecule has 6 heteroatoms. The molecule has 0 aromatic heterocycles. The van der Waals surface area contributed by atoms with E-state index in [-0.39, 0.29) is 10.2 Å². The number of unbranched alkanes of at least 4 members (excludes halogenated alkanes) is 19. The molecule has 0 aliphatic heterocycles. The van der Waals surface area contributed by atoms with Crippen molar-refractivity contribution in [1.82, 2.24) is 0 Å². The highest BCUT2D eigenvalue weighted by atomic mass is 32.2. The lowest BCUT2D eigenvalue weighted by molar-refractivity contribution is -0.111. The Hall–Kier alpha value is -3.48. The molecule has 4 aromatic carbocycles. The van der Waals surface area contributed by atoms with E-state index in [2.05, 4.69) is 125 Å². The van der Waals surface area contributed by atoms with Gasteiger partial charge in [0.2, 0.25) is 0 Å². The topological polar surface area (TPSA) is 52.6 Å². The van der Waals surface area contributed by atoms with E-state index in [1.54, 1.807) is 0 Å². The summed E-state index contributed by atoms with van der Waals surface area (Å²) in [4.78, 5) is 26.4. The Balaban J connectivity index is 0.000000335. The highest BCUT2D eigenvalue weighted by molar-refractivity contribution is 8.13. The average Bonchev–Trinajstić information content (AvgIpc) is 3.30. The SMILES string of the molecule is CCCCCCCCCOc1ccc(-c2ccc(SC(=O)CCCCCCC)cc2)cc1.CCCCCCCCOc1ccc(-c2ccc(SC(=O)CCCCCCC)cc2)cc1. The van der Waals surface area contributed by atoms with Crippen LogP contribution in [0.3, 0.4) is 0 Å². The van der Waals surface area contributed by atoms with Crippen molar-refractivity contribution in [3.63, 3.8) is 0 Å². The predicted octanol–water partition coefficient (Wildman–Crippen LogP) is 18.5. The first-order chi connectivity index (χ1) is 30.9. The minimum atomic E-state index is 0.274. The Morgan fingerprint density at radius 2 is 0.587 bits per heavy atom. The van der Waals surface area contributed by atoms with Gasteiger partial charge in [-0.05, 0) is 96.5 Å². The second kappa shape index (κ2) is 35.8. The number of benzene rings is 4. The molecular formula is C57H82O4S2. The Bertz CT molecular complexity index is 1720. The lowest BCUT2D eigenvalue weighted by Crippen LogP contribution is -1.97. The zero-order valence-corrected chi connectivity index (χ0v) is 41.4. The molecule has 0 heterocycles. The maximum absolute atomic E-state index is 12.2. The first-order valence-electron chi connectivity index (χ1n) is 25.0. The first kappa shape index (κ1) is 53.9. The normalized spacial score (nSPS) is 10.9.